The molecule has 0 atom stereocenters. The number of benzene rings is 1. The number of rotatable bonds is 6. The van der Waals surface area contributed by atoms with Gasteiger partial charge in [0.05, 0.1) is 0 Å². The maximum Gasteiger partial charge on any atom is 0.317 e. The molecule has 140 valence electrons. The normalized spacial score (nSPS) is 15.0. The number of ether oxygens (including phenoxy) is 2. The summed E-state index contributed by atoms with van der Waals surface area (Å²) in [6.45, 7) is 2.76. The average Bonchev–Trinajstić information content (AvgIpc) is 3.33. The predicted molar refractivity (Wildman–Crippen MR) is 96.5 cm³/mol. The molecular weight excluding hydrogens is 348 g/mol. The third-order valence-electron chi connectivity index (χ3n) is 4.57. The quantitative estimate of drug-likeness (QED) is 0.835. The molecule has 8 nitrogen and oxygen atoms in total. The number of urea groups is 1. The summed E-state index contributed by atoms with van der Waals surface area (Å²) in [6, 6.07) is 10.8. The lowest BCUT2D eigenvalue weighted by atomic mass is 10.1. The van der Waals surface area contributed by atoms with Gasteiger partial charge in [-0.1, -0.05) is 12.1 Å². The monoisotopic (exact) mass is 368 g/mol. The molecule has 3 amide bonds. The highest BCUT2D eigenvalue weighted by molar-refractivity contribution is 5.92. The van der Waals surface area contributed by atoms with E-state index in [2.05, 4.69) is 10.3 Å². The Morgan fingerprint density at radius 2 is 2.11 bits per heavy atom. The van der Waals surface area contributed by atoms with Crippen LogP contribution in [0.2, 0.25) is 0 Å². The second-order valence-corrected chi connectivity index (χ2v) is 6.35. The summed E-state index contributed by atoms with van der Waals surface area (Å²) in [6.07, 6.45) is 1.60. The molecule has 2 aromatic rings. The number of nitrogens with one attached hydrogen (secondary N) is 1. The van der Waals surface area contributed by atoms with Crippen molar-refractivity contribution >= 4 is 11.9 Å². The third kappa shape index (κ3) is 3.79. The Labute approximate surface area is 156 Å². The minimum absolute atomic E-state index is 0.0942. The smallest absolute Gasteiger partial charge is 0.317 e. The number of hydrogen-bond donors (Lipinski definition) is 1. The van der Waals surface area contributed by atoms with Crippen LogP contribution >= 0.6 is 0 Å². The second kappa shape index (κ2) is 7.53. The van der Waals surface area contributed by atoms with Crippen LogP contribution in [0.4, 0.5) is 4.79 Å². The van der Waals surface area contributed by atoms with Crippen molar-refractivity contribution in [3.8, 4) is 11.5 Å². The SMILES string of the molecule is O=C1NCCN1CCN(Cc1ccc2c(c1)OCO2)C(=O)c1ccccn1. The van der Waals surface area contributed by atoms with Crippen LogP contribution in [0.25, 0.3) is 0 Å². The first-order valence-electron chi connectivity index (χ1n) is 8.82. The molecule has 0 saturated carbocycles. The molecule has 4 rings (SSSR count). The van der Waals surface area contributed by atoms with Crippen LogP contribution in [0.3, 0.4) is 0 Å². The number of carbonyl (C=O) groups excluding carboxylic acids is 2. The van der Waals surface area contributed by atoms with E-state index in [0.29, 0.717) is 49.9 Å². The lowest BCUT2D eigenvalue weighted by molar-refractivity contribution is 0.0725. The van der Waals surface area contributed by atoms with E-state index in [1.807, 2.05) is 18.2 Å². The largest absolute Gasteiger partial charge is 0.454 e. The standard InChI is InChI=1S/C19H20N4O4/c24-18(15-3-1-2-6-20-15)23(10-9-22-8-7-21-19(22)25)12-14-4-5-16-17(11-14)27-13-26-16/h1-6,11H,7-10,12-13H2,(H,21,25). The zero-order valence-corrected chi connectivity index (χ0v) is 14.8. The van der Waals surface area contributed by atoms with Crippen molar-refractivity contribution in [1.82, 2.24) is 20.1 Å². The minimum Gasteiger partial charge on any atom is -0.454 e. The third-order valence-corrected chi connectivity index (χ3v) is 4.57. The van der Waals surface area contributed by atoms with Gasteiger partial charge in [-0.15, -0.1) is 0 Å². The highest BCUT2D eigenvalue weighted by atomic mass is 16.7. The molecule has 0 radical (unpaired) electrons. The van der Waals surface area contributed by atoms with Crippen LogP contribution in [0.15, 0.2) is 42.6 Å². The van der Waals surface area contributed by atoms with Crippen LogP contribution in [-0.2, 0) is 6.54 Å². The molecule has 0 spiro atoms. The molecule has 2 aliphatic rings. The number of amides is 3. The number of nitrogens with zero attached hydrogens (tertiary/aromatic N) is 3. The van der Waals surface area contributed by atoms with Gasteiger partial charge in [0.25, 0.3) is 5.91 Å². The molecule has 1 saturated heterocycles. The topological polar surface area (TPSA) is 84.0 Å². The van der Waals surface area contributed by atoms with Crippen molar-refractivity contribution in [2.75, 3.05) is 33.0 Å². The van der Waals surface area contributed by atoms with Gasteiger partial charge in [0.1, 0.15) is 5.69 Å². The maximum atomic E-state index is 13.0. The van der Waals surface area contributed by atoms with Crippen molar-refractivity contribution in [1.29, 1.82) is 0 Å². The maximum absolute atomic E-state index is 13.0. The molecule has 1 N–H and O–H groups in total. The van der Waals surface area contributed by atoms with Crippen LogP contribution in [0.5, 0.6) is 11.5 Å². The molecular formula is C19H20N4O4. The fourth-order valence-corrected chi connectivity index (χ4v) is 3.13. The fourth-order valence-electron chi connectivity index (χ4n) is 3.13. The Bertz CT molecular complexity index is 843. The molecule has 1 aromatic carbocycles. The number of hydrogen-bond acceptors (Lipinski definition) is 5. The van der Waals surface area contributed by atoms with E-state index < -0.39 is 0 Å². The fraction of sp³-hybridized carbons (Fsp3) is 0.316. The van der Waals surface area contributed by atoms with E-state index in [9.17, 15) is 9.59 Å². The minimum atomic E-state index is -0.173. The van der Waals surface area contributed by atoms with Crippen molar-refractivity contribution < 1.29 is 19.1 Å². The first kappa shape index (κ1) is 17.1. The van der Waals surface area contributed by atoms with Crippen LogP contribution in [0.1, 0.15) is 16.1 Å². The zero-order valence-electron chi connectivity index (χ0n) is 14.8. The Morgan fingerprint density at radius 1 is 1.22 bits per heavy atom. The van der Waals surface area contributed by atoms with Crippen LogP contribution < -0.4 is 14.8 Å². The Kier molecular flexibility index (Phi) is 4.78. The number of pyridine rings is 1. The summed E-state index contributed by atoms with van der Waals surface area (Å²) >= 11 is 0. The van der Waals surface area contributed by atoms with E-state index >= 15 is 0 Å². The summed E-state index contributed by atoms with van der Waals surface area (Å²) in [7, 11) is 0. The zero-order chi connectivity index (χ0) is 18.6. The van der Waals surface area contributed by atoms with E-state index in [0.717, 1.165) is 5.56 Å². The highest BCUT2D eigenvalue weighted by Crippen LogP contribution is 2.32. The Hall–Kier alpha value is -3.29. The van der Waals surface area contributed by atoms with Gasteiger partial charge in [-0.3, -0.25) is 9.78 Å². The van der Waals surface area contributed by atoms with Crippen molar-refractivity contribution in [3.63, 3.8) is 0 Å². The molecule has 27 heavy (non-hydrogen) atoms. The number of carbonyl (C=O) groups is 2. The van der Waals surface area contributed by atoms with Crippen molar-refractivity contribution in [2.24, 2.45) is 0 Å². The van der Waals surface area contributed by atoms with Crippen LogP contribution in [0, 0.1) is 0 Å². The molecule has 1 fully saturated rings. The first-order chi connectivity index (χ1) is 13.2. The molecule has 0 unspecified atom stereocenters. The number of aromatic nitrogens is 1. The van der Waals surface area contributed by atoms with Crippen molar-refractivity contribution in [3.05, 3.63) is 53.9 Å². The summed E-state index contributed by atoms with van der Waals surface area (Å²) in [5, 5.41) is 2.77. The summed E-state index contributed by atoms with van der Waals surface area (Å²) < 4.78 is 10.8. The second-order valence-electron chi connectivity index (χ2n) is 6.35. The van der Waals surface area contributed by atoms with Gasteiger partial charge in [0.15, 0.2) is 11.5 Å². The van der Waals surface area contributed by atoms with E-state index in [1.165, 1.54) is 0 Å². The first-order valence-corrected chi connectivity index (χ1v) is 8.82. The lowest BCUT2D eigenvalue weighted by Gasteiger charge is -2.25. The molecule has 0 aliphatic carbocycles. The summed E-state index contributed by atoms with van der Waals surface area (Å²) in [4.78, 5) is 32.3. The highest BCUT2D eigenvalue weighted by Gasteiger charge is 2.23. The molecule has 3 heterocycles. The lowest BCUT2D eigenvalue weighted by Crippen LogP contribution is -2.39. The van der Waals surface area contributed by atoms with Gasteiger partial charge in [-0.05, 0) is 29.8 Å². The molecule has 8 heteroatoms. The van der Waals surface area contributed by atoms with Gasteiger partial charge in [0.2, 0.25) is 6.79 Å². The van der Waals surface area contributed by atoms with Gasteiger partial charge in [0, 0.05) is 38.9 Å². The van der Waals surface area contributed by atoms with Gasteiger partial charge >= 0.3 is 6.03 Å². The van der Waals surface area contributed by atoms with Gasteiger partial charge < -0.3 is 24.6 Å². The van der Waals surface area contributed by atoms with E-state index in [4.69, 9.17) is 9.47 Å². The van der Waals surface area contributed by atoms with Gasteiger partial charge in [-0.25, -0.2) is 4.79 Å². The van der Waals surface area contributed by atoms with E-state index in [-0.39, 0.29) is 18.7 Å². The summed E-state index contributed by atoms with van der Waals surface area (Å²) in [5.41, 5.74) is 1.30. The average molecular weight is 368 g/mol. The predicted octanol–water partition coefficient (Wildman–Crippen LogP) is 1.48. The summed E-state index contributed by atoms with van der Waals surface area (Å²) in [5.74, 6) is 1.21. The van der Waals surface area contributed by atoms with Crippen molar-refractivity contribution in [2.45, 2.75) is 6.54 Å². The Balaban J connectivity index is 1.51. The van der Waals surface area contributed by atoms with Gasteiger partial charge in [-0.2, -0.15) is 0 Å². The van der Waals surface area contributed by atoms with E-state index in [1.54, 1.807) is 34.2 Å². The van der Waals surface area contributed by atoms with Crippen LogP contribution in [-0.4, -0.2) is 59.7 Å². The Morgan fingerprint density at radius 3 is 2.89 bits per heavy atom. The molecule has 0 bridgehead atoms. The molecule has 1 aromatic heterocycles. The molecule has 2 aliphatic heterocycles. The number of fused-ring (bicyclic) bond motifs is 1.